The lowest BCUT2D eigenvalue weighted by Crippen LogP contribution is -2.12. The van der Waals surface area contributed by atoms with E-state index in [0.29, 0.717) is 6.54 Å². The molecule has 0 saturated carbocycles. The zero-order valence-electron chi connectivity index (χ0n) is 11.0. The summed E-state index contributed by atoms with van der Waals surface area (Å²) in [5.74, 6) is -0.201. The molecule has 0 aliphatic carbocycles. The van der Waals surface area contributed by atoms with E-state index in [0.717, 1.165) is 28.9 Å². The molecule has 2 rings (SSSR count). The van der Waals surface area contributed by atoms with E-state index in [1.165, 1.54) is 6.07 Å². The number of nitrogens with one attached hydrogen (secondary N) is 1. The van der Waals surface area contributed by atoms with Crippen LogP contribution in [0.15, 0.2) is 24.4 Å². The van der Waals surface area contributed by atoms with Gasteiger partial charge in [0, 0.05) is 24.8 Å². The lowest BCUT2D eigenvalue weighted by atomic mass is 10.00. The molecule has 1 aromatic carbocycles. The second-order valence-corrected chi connectivity index (χ2v) is 4.35. The first-order chi connectivity index (χ1) is 8.63. The molecule has 0 atom stereocenters. The quantitative estimate of drug-likeness (QED) is 0.900. The predicted octanol–water partition coefficient (Wildman–Crippen LogP) is 2.64. The molecule has 1 heterocycles. The first-order valence-corrected chi connectivity index (χ1v) is 6.11. The van der Waals surface area contributed by atoms with Crippen molar-refractivity contribution in [2.24, 2.45) is 7.05 Å². The third-order valence-electron chi connectivity index (χ3n) is 3.16. The molecule has 0 bridgehead atoms. The Hall–Kier alpha value is -1.68. The summed E-state index contributed by atoms with van der Waals surface area (Å²) in [7, 11) is 1.91. The summed E-state index contributed by atoms with van der Waals surface area (Å²) in [6, 6.07) is 4.91. The third-order valence-corrected chi connectivity index (χ3v) is 3.16. The van der Waals surface area contributed by atoms with Crippen molar-refractivity contribution in [3.63, 3.8) is 0 Å². The Morgan fingerprint density at radius 1 is 1.33 bits per heavy atom. The Morgan fingerprint density at radius 2 is 2.11 bits per heavy atom. The molecule has 0 spiro atoms. The van der Waals surface area contributed by atoms with E-state index in [-0.39, 0.29) is 5.82 Å². The van der Waals surface area contributed by atoms with Crippen LogP contribution in [0, 0.1) is 12.7 Å². The van der Waals surface area contributed by atoms with Gasteiger partial charge >= 0.3 is 0 Å². The summed E-state index contributed by atoms with van der Waals surface area (Å²) in [6.45, 7) is 5.58. The van der Waals surface area contributed by atoms with E-state index < -0.39 is 0 Å². The number of nitrogens with zero attached hydrogens (tertiary/aromatic N) is 2. The van der Waals surface area contributed by atoms with Gasteiger partial charge in [0.15, 0.2) is 0 Å². The first kappa shape index (κ1) is 12.8. The van der Waals surface area contributed by atoms with Gasteiger partial charge in [-0.25, -0.2) is 4.39 Å². The SMILES string of the molecule is CCNCc1cc(F)ccc1-c1cnn(C)c1C. The van der Waals surface area contributed by atoms with Crippen molar-refractivity contribution in [2.45, 2.75) is 20.4 Å². The molecule has 0 aliphatic heterocycles. The molecule has 3 nitrogen and oxygen atoms in total. The molecule has 18 heavy (non-hydrogen) atoms. The molecular weight excluding hydrogens is 229 g/mol. The summed E-state index contributed by atoms with van der Waals surface area (Å²) in [6.07, 6.45) is 1.83. The molecule has 2 aromatic rings. The molecule has 0 fully saturated rings. The monoisotopic (exact) mass is 247 g/mol. The van der Waals surface area contributed by atoms with Crippen LogP contribution in [-0.2, 0) is 13.6 Å². The zero-order chi connectivity index (χ0) is 13.1. The molecule has 0 radical (unpaired) electrons. The maximum atomic E-state index is 13.3. The van der Waals surface area contributed by atoms with Gasteiger partial charge in [-0.15, -0.1) is 0 Å². The van der Waals surface area contributed by atoms with Crippen LogP contribution < -0.4 is 5.32 Å². The number of aromatic nitrogens is 2. The number of hydrogen-bond acceptors (Lipinski definition) is 2. The molecule has 1 N–H and O–H groups in total. The van der Waals surface area contributed by atoms with Crippen LogP contribution in [0.25, 0.3) is 11.1 Å². The molecule has 0 unspecified atom stereocenters. The van der Waals surface area contributed by atoms with Crippen LogP contribution >= 0.6 is 0 Å². The van der Waals surface area contributed by atoms with E-state index in [2.05, 4.69) is 10.4 Å². The van der Waals surface area contributed by atoms with Gasteiger partial charge in [-0.3, -0.25) is 4.68 Å². The van der Waals surface area contributed by atoms with Crippen LogP contribution in [0.4, 0.5) is 4.39 Å². The summed E-state index contributed by atoms with van der Waals surface area (Å²) >= 11 is 0. The van der Waals surface area contributed by atoms with Crippen molar-refractivity contribution in [1.29, 1.82) is 0 Å². The molecule has 1 aromatic heterocycles. The molecule has 4 heteroatoms. The normalized spacial score (nSPS) is 10.9. The standard InChI is InChI=1S/C14H18FN3/c1-4-16-8-11-7-12(15)5-6-13(11)14-9-17-18(3)10(14)2/h5-7,9,16H,4,8H2,1-3H3. The van der Waals surface area contributed by atoms with Crippen LogP contribution in [0.5, 0.6) is 0 Å². The molecule has 96 valence electrons. The average Bonchev–Trinajstić information content (AvgIpc) is 2.68. The van der Waals surface area contributed by atoms with E-state index in [1.54, 1.807) is 6.07 Å². The van der Waals surface area contributed by atoms with Crippen LogP contribution in [0.1, 0.15) is 18.2 Å². The second kappa shape index (κ2) is 5.31. The van der Waals surface area contributed by atoms with E-state index in [1.807, 2.05) is 37.8 Å². The lowest BCUT2D eigenvalue weighted by Gasteiger charge is -2.10. The van der Waals surface area contributed by atoms with Crippen molar-refractivity contribution in [1.82, 2.24) is 15.1 Å². The Bertz CT molecular complexity index is 546. The van der Waals surface area contributed by atoms with E-state index in [4.69, 9.17) is 0 Å². The van der Waals surface area contributed by atoms with Gasteiger partial charge in [0.1, 0.15) is 5.82 Å². The minimum absolute atomic E-state index is 0.201. The molecule has 0 amide bonds. The van der Waals surface area contributed by atoms with Crippen LogP contribution in [0.2, 0.25) is 0 Å². The smallest absolute Gasteiger partial charge is 0.123 e. The van der Waals surface area contributed by atoms with Gasteiger partial charge in [0.25, 0.3) is 0 Å². The highest BCUT2D eigenvalue weighted by atomic mass is 19.1. The highest BCUT2D eigenvalue weighted by molar-refractivity contribution is 5.68. The number of rotatable bonds is 4. The summed E-state index contributed by atoms with van der Waals surface area (Å²) in [4.78, 5) is 0. The first-order valence-electron chi connectivity index (χ1n) is 6.11. The Kier molecular flexibility index (Phi) is 3.77. The maximum Gasteiger partial charge on any atom is 0.123 e. The van der Waals surface area contributed by atoms with E-state index in [9.17, 15) is 4.39 Å². The summed E-state index contributed by atoms with van der Waals surface area (Å²) in [5, 5.41) is 7.47. The largest absolute Gasteiger partial charge is 0.313 e. The predicted molar refractivity (Wildman–Crippen MR) is 70.7 cm³/mol. The van der Waals surface area contributed by atoms with Crippen molar-refractivity contribution in [3.8, 4) is 11.1 Å². The van der Waals surface area contributed by atoms with Crippen LogP contribution in [0.3, 0.4) is 0 Å². The number of benzene rings is 1. The summed E-state index contributed by atoms with van der Waals surface area (Å²) < 4.78 is 15.2. The lowest BCUT2D eigenvalue weighted by molar-refractivity contribution is 0.622. The fourth-order valence-electron chi connectivity index (χ4n) is 1.99. The number of hydrogen-bond donors (Lipinski definition) is 1. The van der Waals surface area contributed by atoms with Gasteiger partial charge in [-0.2, -0.15) is 5.10 Å². The number of halogens is 1. The van der Waals surface area contributed by atoms with Crippen molar-refractivity contribution in [2.75, 3.05) is 6.54 Å². The van der Waals surface area contributed by atoms with Gasteiger partial charge in [-0.1, -0.05) is 13.0 Å². The number of aryl methyl sites for hydroxylation is 1. The second-order valence-electron chi connectivity index (χ2n) is 4.35. The van der Waals surface area contributed by atoms with E-state index >= 15 is 0 Å². The maximum absolute atomic E-state index is 13.3. The van der Waals surface area contributed by atoms with Crippen molar-refractivity contribution >= 4 is 0 Å². The van der Waals surface area contributed by atoms with Gasteiger partial charge < -0.3 is 5.32 Å². The van der Waals surface area contributed by atoms with Crippen molar-refractivity contribution in [3.05, 3.63) is 41.5 Å². The highest BCUT2D eigenvalue weighted by Crippen LogP contribution is 2.27. The molecular formula is C14H18FN3. The van der Waals surface area contributed by atoms with Crippen molar-refractivity contribution < 1.29 is 4.39 Å². The van der Waals surface area contributed by atoms with Gasteiger partial charge in [-0.05, 0) is 36.7 Å². The highest BCUT2D eigenvalue weighted by Gasteiger charge is 2.11. The Labute approximate surface area is 107 Å². The fourth-order valence-corrected chi connectivity index (χ4v) is 1.99. The van der Waals surface area contributed by atoms with Crippen LogP contribution in [-0.4, -0.2) is 16.3 Å². The topological polar surface area (TPSA) is 29.9 Å². The minimum atomic E-state index is -0.201. The van der Waals surface area contributed by atoms with Gasteiger partial charge in [0.2, 0.25) is 0 Å². The fraction of sp³-hybridized carbons (Fsp3) is 0.357. The minimum Gasteiger partial charge on any atom is -0.313 e. The average molecular weight is 247 g/mol. The molecule has 0 aliphatic rings. The third kappa shape index (κ3) is 2.43. The Morgan fingerprint density at radius 3 is 2.72 bits per heavy atom. The van der Waals surface area contributed by atoms with Gasteiger partial charge in [0.05, 0.1) is 6.20 Å². The summed E-state index contributed by atoms with van der Waals surface area (Å²) in [5.41, 5.74) is 4.15. The zero-order valence-corrected chi connectivity index (χ0v) is 11.0. The Balaban J connectivity index is 2.46. The molecule has 0 saturated heterocycles.